The summed E-state index contributed by atoms with van der Waals surface area (Å²) in [5, 5.41) is 3.71. The molecule has 0 radical (unpaired) electrons. The highest BCUT2D eigenvalue weighted by Gasteiger charge is 2.08. The summed E-state index contributed by atoms with van der Waals surface area (Å²) in [6, 6.07) is 0. The first-order valence-electron chi connectivity index (χ1n) is 4.95. The number of halogens is 1. The summed E-state index contributed by atoms with van der Waals surface area (Å²) in [6.07, 6.45) is 2.41. The van der Waals surface area contributed by atoms with E-state index in [4.69, 9.17) is 16.3 Å². The number of nitrogens with zero attached hydrogens (tertiary/aromatic N) is 2. The van der Waals surface area contributed by atoms with Gasteiger partial charge in [-0.05, 0) is 13.3 Å². The van der Waals surface area contributed by atoms with Gasteiger partial charge < -0.3 is 10.1 Å². The molecule has 1 atom stereocenters. The predicted molar refractivity (Wildman–Crippen MR) is 61.4 cm³/mol. The lowest BCUT2D eigenvalue weighted by Crippen LogP contribution is -2.19. The average molecular weight is 230 g/mol. The Morgan fingerprint density at radius 1 is 1.53 bits per heavy atom. The van der Waals surface area contributed by atoms with Crippen LogP contribution in [0.25, 0.3) is 0 Å². The van der Waals surface area contributed by atoms with Gasteiger partial charge in [-0.2, -0.15) is 0 Å². The molecule has 5 heteroatoms. The van der Waals surface area contributed by atoms with Crippen LogP contribution in [0, 0.1) is 0 Å². The minimum atomic E-state index is 0.142. The standard InChI is InChI=1S/C10H16ClN3O/c1-4-8-9(11)13-6-14-10(8)12-5-7(2)15-3/h6-7H,4-5H2,1-3H3,(H,12,13,14). The molecule has 0 aromatic carbocycles. The van der Waals surface area contributed by atoms with Gasteiger partial charge in [-0.1, -0.05) is 18.5 Å². The molecule has 0 aliphatic carbocycles. The van der Waals surface area contributed by atoms with Crippen LogP contribution in [-0.4, -0.2) is 29.7 Å². The quantitative estimate of drug-likeness (QED) is 0.786. The molecule has 0 spiro atoms. The van der Waals surface area contributed by atoms with Crippen LogP contribution in [0.1, 0.15) is 19.4 Å². The monoisotopic (exact) mass is 229 g/mol. The van der Waals surface area contributed by atoms with Gasteiger partial charge in [0.15, 0.2) is 0 Å². The van der Waals surface area contributed by atoms with E-state index in [9.17, 15) is 0 Å². The van der Waals surface area contributed by atoms with E-state index in [1.54, 1.807) is 7.11 Å². The van der Waals surface area contributed by atoms with Crippen molar-refractivity contribution >= 4 is 17.4 Å². The topological polar surface area (TPSA) is 47.0 Å². The molecule has 4 nitrogen and oxygen atoms in total. The average Bonchev–Trinajstić information content (AvgIpc) is 2.25. The number of anilines is 1. The Bertz CT molecular complexity index is 320. The molecule has 0 amide bonds. The fourth-order valence-electron chi connectivity index (χ4n) is 1.18. The Morgan fingerprint density at radius 2 is 2.27 bits per heavy atom. The molecule has 1 rings (SSSR count). The molecule has 15 heavy (non-hydrogen) atoms. The molecule has 0 bridgehead atoms. The van der Waals surface area contributed by atoms with Gasteiger partial charge in [0.1, 0.15) is 17.3 Å². The zero-order chi connectivity index (χ0) is 11.3. The maximum atomic E-state index is 5.96. The fraction of sp³-hybridized carbons (Fsp3) is 0.600. The second-order valence-electron chi connectivity index (χ2n) is 3.27. The van der Waals surface area contributed by atoms with Gasteiger partial charge in [0.05, 0.1) is 6.10 Å². The number of rotatable bonds is 5. The van der Waals surface area contributed by atoms with Gasteiger partial charge in [-0.15, -0.1) is 0 Å². The van der Waals surface area contributed by atoms with Gasteiger partial charge in [-0.25, -0.2) is 9.97 Å². The summed E-state index contributed by atoms with van der Waals surface area (Å²) >= 11 is 5.96. The number of hydrogen-bond acceptors (Lipinski definition) is 4. The lowest BCUT2D eigenvalue weighted by Gasteiger charge is -2.13. The maximum Gasteiger partial charge on any atom is 0.137 e. The first-order chi connectivity index (χ1) is 7.19. The van der Waals surface area contributed by atoms with E-state index < -0.39 is 0 Å². The number of ether oxygens (including phenoxy) is 1. The first-order valence-corrected chi connectivity index (χ1v) is 5.32. The van der Waals surface area contributed by atoms with E-state index in [1.807, 2.05) is 13.8 Å². The van der Waals surface area contributed by atoms with Crippen LogP contribution in [0.2, 0.25) is 5.15 Å². The fourth-order valence-corrected chi connectivity index (χ4v) is 1.45. The Labute approximate surface area is 95.0 Å². The van der Waals surface area contributed by atoms with Gasteiger partial charge in [-0.3, -0.25) is 0 Å². The van der Waals surface area contributed by atoms with Gasteiger partial charge >= 0.3 is 0 Å². The summed E-state index contributed by atoms with van der Waals surface area (Å²) in [4.78, 5) is 8.10. The van der Waals surface area contributed by atoms with Crippen molar-refractivity contribution in [2.45, 2.75) is 26.4 Å². The summed E-state index contributed by atoms with van der Waals surface area (Å²) in [6.45, 7) is 4.72. The molecule has 0 aliphatic rings. The van der Waals surface area contributed by atoms with Crippen LogP contribution < -0.4 is 5.32 Å². The molecule has 84 valence electrons. The molecule has 1 heterocycles. The van der Waals surface area contributed by atoms with Crippen molar-refractivity contribution in [3.8, 4) is 0 Å². The normalized spacial score (nSPS) is 12.5. The lowest BCUT2D eigenvalue weighted by molar-refractivity contribution is 0.128. The van der Waals surface area contributed by atoms with Gasteiger partial charge in [0.2, 0.25) is 0 Å². The molecule has 1 aromatic heterocycles. The highest BCUT2D eigenvalue weighted by Crippen LogP contribution is 2.19. The minimum Gasteiger partial charge on any atom is -0.380 e. The van der Waals surface area contributed by atoms with Crippen LogP contribution in [-0.2, 0) is 11.2 Å². The van der Waals surface area contributed by atoms with Crippen LogP contribution in [0.3, 0.4) is 0 Å². The van der Waals surface area contributed by atoms with E-state index in [-0.39, 0.29) is 6.10 Å². The van der Waals surface area contributed by atoms with Crippen molar-refractivity contribution < 1.29 is 4.74 Å². The largest absolute Gasteiger partial charge is 0.380 e. The summed E-state index contributed by atoms with van der Waals surface area (Å²) in [5.74, 6) is 0.793. The maximum absolute atomic E-state index is 5.96. The second kappa shape index (κ2) is 5.88. The Balaban J connectivity index is 2.72. The summed E-state index contributed by atoms with van der Waals surface area (Å²) in [7, 11) is 1.68. The van der Waals surface area contributed by atoms with Crippen LogP contribution in [0.15, 0.2) is 6.33 Å². The number of nitrogens with one attached hydrogen (secondary N) is 1. The van der Waals surface area contributed by atoms with Crippen LogP contribution in [0.4, 0.5) is 5.82 Å². The van der Waals surface area contributed by atoms with Crippen molar-refractivity contribution in [1.29, 1.82) is 0 Å². The lowest BCUT2D eigenvalue weighted by atomic mass is 10.2. The molecular formula is C10H16ClN3O. The third-order valence-corrected chi connectivity index (χ3v) is 2.53. The van der Waals surface area contributed by atoms with E-state index in [0.717, 1.165) is 17.8 Å². The SMILES string of the molecule is CCc1c(Cl)ncnc1NCC(C)OC. The van der Waals surface area contributed by atoms with Crippen molar-refractivity contribution in [3.05, 3.63) is 17.0 Å². The number of methoxy groups -OCH3 is 1. The third-order valence-electron chi connectivity index (χ3n) is 2.21. The van der Waals surface area contributed by atoms with Crippen LogP contribution >= 0.6 is 11.6 Å². The van der Waals surface area contributed by atoms with E-state index >= 15 is 0 Å². The second-order valence-corrected chi connectivity index (χ2v) is 3.63. The third kappa shape index (κ3) is 3.32. The smallest absolute Gasteiger partial charge is 0.137 e. The Hall–Kier alpha value is -0.870. The van der Waals surface area contributed by atoms with Gasteiger partial charge in [0, 0.05) is 19.2 Å². The minimum absolute atomic E-state index is 0.142. The summed E-state index contributed by atoms with van der Waals surface area (Å²) in [5.41, 5.74) is 0.947. The zero-order valence-corrected chi connectivity index (χ0v) is 10.0. The van der Waals surface area contributed by atoms with Crippen molar-refractivity contribution in [2.75, 3.05) is 19.0 Å². The Kier molecular flexibility index (Phi) is 4.78. The predicted octanol–water partition coefficient (Wildman–Crippen LogP) is 2.14. The molecule has 0 aliphatic heterocycles. The molecule has 1 unspecified atom stereocenters. The van der Waals surface area contributed by atoms with E-state index in [2.05, 4.69) is 15.3 Å². The molecular weight excluding hydrogens is 214 g/mol. The Morgan fingerprint density at radius 3 is 2.87 bits per heavy atom. The van der Waals surface area contributed by atoms with Crippen LogP contribution in [0.5, 0.6) is 0 Å². The van der Waals surface area contributed by atoms with E-state index in [0.29, 0.717) is 11.7 Å². The zero-order valence-electron chi connectivity index (χ0n) is 9.25. The van der Waals surface area contributed by atoms with Gasteiger partial charge in [0.25, 0.3) is 0 Å². The number of aromatic nitrogens is 2. The van der Waals surface area contributed by atoms with Crippen molar-refractivity contribution in [1.82, 2.24) is 9.97 Å². The molecule has 1 N–H and O–H groups in total. The highest BCUT2D eigenvalue weighted by atomic mass is 35.5. The molecule has 0 fully saturated rings. The first kappa shape index (κ1) is 12.2. The van der Waals surface area contributed by atoms with Crippen molar-refractivity contribution in [3.63, 3.8) is 0 Å². The highest BCUT2D eigenvalue weighted by molar-refractivity contribution is 6.30. The molecule has 0 saturated heterocycles. The summed E-state index contributed by atoms with van der Waals surface area (Å²) < 4.78 is 5.14. The number of hydrogen-bond donors (Lipinski definition) is 1. The van der Waals surface area contributed by atoms with E-state index in [1.165, 1.54) is 6.33 Å². The molecule has 1 aromatic rings. The molecule has 0 saturated carbocycles. The van der Waals surface area contributed by atoms with Crippen molar-refractivity contribution in [2.24, 2.45) is 0 Å².